The molecule has 1 fully saturated rings. The first-order valence-corrected chi connectivity index (χ1v) is 11.5. The lowest BCUT2D eigenvalue weighted by atomic mass is 9.67. The van der Waals surface area contributed by atoms with Gasteiger partial charge < -0.3 is 24.8 Å². The van der Waals surface area contributed by atoms with E-state index in [2.05, 4.69) is 22.5 Å². The predicted molar refractivity (Wildman–Crippen MR) is 127 cm³/mol. The zero-order chi connectivity index (χ0) is 22.5. The number of pyridine rings is 1. The molecule has 2 aromatic rings. The van der Waals surface area contributed by atoms with Gasteiger partial charge >= 0.3 is 0 Å². The lowest BCUT2D eigenvalue weighted by molar-refractivity contribution is 0.0732. The summed E-state index contributed by atoms with van der Waals surface area (Å²) in [5.41, 5.74) is 1.38. The number of hydrogen-bond acceptors (Lipinski definition) is 5. The number of aliphatic imine (C=N–C) groups is 1. The van der Waals surface area contributed by atoms with Crippen molar-refractivity contribution in [2.75, 3.05) is 40.0 Å². The minimum absolute atomic E-state index is 0.344. The molecule has 1 heterocycles. The quantitative estimate of drug-likeness (QED) is 0.280. The van der Waals surface area contributed by atoms with E-state index >= 15 is 0 Å². The van der Waals surface area contributed by atoms with Crippen LogP contribution in [0.3, 0.4) is 0 Å². The number of rotatable bonds is 13. The van der Waals surface area contributed by atoms with Gasteiger partial charge in [-0.2, -0.15) is 0 Å². The van der Waals surface area contributed by atoms with E-state index in [1.165, 1.54) is 19.3 Å². The molecule has 32 heavy (non-hydrogen) atoms. The molecule has 7 heteroatoms. The van der Waals surface area contributed by atoms with E-state index in [1.807, 2.05) is 48.7 Å². The molecule has 0 radical (unpaired) electrons. The Hall–Kier alpha value is -2.80. The number of hydrogen-bond donors (Lipinski definition) is 2. The summed E-state index contributed by atoms with van der Waals surface area (Å²) in [6.45, 7) is 6.13. The SMILES string of the molecule is CCNC(=NCc1ccc(OCCOc2ccccc2)nc1)NCC1(CCOC)CCC1. The normalized spacial score (nSPS) is 15.0. The molecule has 7 nitrogen and oxygen atoms in total. The highest BCUT2D eigenvalue weighted by Gasteiger charge is 2.36. The molecule has 0 amide bonds. The highest BCUT2D eigenvalue weighted by Crippen LogP contribution is 2.43. The molecule has 0 bridgehead atoms. The van der Waals surface area contributed by atoms with Crippen LogP contribution in [0.15, 0.2) is 53.7 Å². The summed E-state index contributed by atoms with van der Waals surface area (Å²) in [4.78, 5) is 9.11. The van der Waals surface area contributed by atoms with E-state index in [4.69, 9.17) is 19.2 Å². The Bertz CT molecular complexity index is 808. The summed E-state index contributed by atoms with van der Waals surface area (Å²) in [5.74, 6) is 2.27. The van der Waals surface area contributed by atoms with Crippen LogP contribution in [0.1, 0.15) is 38.2 Å². The van der Waals surface area contributed by atoms with Crippen LogP contribution in [-0.4, -0.2) is 51.0 Å². The molecular formula is C25H36N4O3. The van der Waals surface area contributed by atoms with Gasteiger partial charge in [0.25, 0.3) is 0 Å². The first-order chi connectivity index (χ1) is 15.7. The maximum atomic E-state index is 5.67. The van der Waals surface area contributed by atoms with Gasteiger partial charge in [-0.3, -0.25) is 0 Å². The van der Waals surface area contributed by atoms with Gasteiger partial charge in [0.05, 0.1) is 6.54 Å². The van der Waals surface area contributed by atoms with E-state index in [0.717, 1.165) is 43.4 Å². The highest BCUT2D eigenvalue weighted by molar-refractivity contribution is 5.79. The molecule has 1 aromatic carbocycles. The van der Waals surface area contributed by atoms with E-state index in [-0.39, 0.29) is 0 Å². The number of benzene rings is 1. The second-order valence-corrected chi connectivity index (χ2v) is 8.16. The molecule has 1 aromatic heterocycles. The third kappa shape index (κ3) is 7.71. The molecule has 1 aliphatic carbocycles. The fourth-order valence-corrected chi connectivity index (χ4v) is 3.71. The van der Waals surface area contributed by atoms with Gasteiger partial charge in [-0.25, -0.2) is 9.98 Å². The third-order valence-corrected chi connectivity index (χ3v) is 5.79. The standard InChI is InChI=1S/C25H36N4O3/c1-3-26-24(29-20-25(12-7-13-25)14-15-30-2)28-19-21-10-11-23(27-18-21)32-17-16-31-22-8-5-4-6-9-22/h4-6,8-11,18H,3,7,12-17,19-20H2,1-2H3,(H2,26,28,29). The lowest BCUT2D eigenvalue weighted by Crippen LogP contribution is -2.46. The number of nitrogens with one attached hydrogen (secondary N) is 2. The van der Waals surface area contributed by atoms with Crippen LogP contribution in [0, 0.1) is 5.41 Å². The molecule has 2 N–H and O–H groups in total. The smallest absolute Gasteiger partial charge is 0.213 e. The largest absolute Gasteiger partial charge is 0.490 e. The van der Waals surface area contributed by atoms with Crippen LogP contribution < -0.4 is 20.1 Å². The third-order valence-electron chi connectivity index (χ3n) is 5.79. The minimum Gasteiger partial charge on any atom is -0.490 e. The number of para-hydroxylation sites is 1. The van der Waals surface area contributed by atoms with Crippen LogP contribution in [-0.2, 0) is 11.3 Å². The van der Waals surface area contributed by atoms with Crippen LogP contribution in [0.2, 0.25) is 0 Å². The van der Waals surface area contributed by atoms with Crippen LogP contribution in [0.4, 0.5) is 0 Å². The van der Waals surface area contributed by atoms with Crippen molar-refractivity contribution < 1.29 is 14.2 Å². The second kappa shape index (κ2) is 12.9. The average Bonchev–Trinajstić information content (AvgIpc) is 2.80. The van der Waals surface area contributed by atoms with E-state index in [1.54, 1.807) is 7.11 Å². The summed E-state index contributed by atoms with van der Waals surface area (Å²) in [7, 11) is 1.77. The van der Waals surface area contributed by atoms with Crippen molar-refractivity contribution in [2.24, 2.45) is 10.4 Å². The van der Waals surface area contributed by atoms with Crippen molar-refractivity contribution in [3.63, 3.8) is 0 Å². The maximum Gasteiger partial charge on any atom is 0.213 e. The summed E-state index contributed by atoms with van der Waals surface area (Å²) >= 11 is 0. The first kappa shape index (κ1) is 23.9. The first-order valence-electron chi connectivity index (χ1n) is 11.5. The van der Waals surface area contributed by atoms with Gasteiger partial charge in [0.15, 0.2) is 5.96 Å². The molecule has 3 rings (SSSR count). The molecule has 0 spiro atoms. The van der Waals surface area contributed by atoms with Crippen molar-refractivity contribution in [1.29, 1.82) is 0 Å². The van der Waals surface area contributed by atoms with Gasteiger partial charge in [-0.05, 0) is 49.3 Å². The summed E-state index contributed by atoms with van der Waals surface area (Å²) in [5, 5.41) is 6.86. The Balaban J connectivity index is 1.42. The van der Waals surface area contributed by atoms with Gasteiger partial charge in [-0.1, -0.05) is 30.7 Å². The van der Waals surface area contributed by atoms with Crippen molar-refractivity contribution in [3.05, 3.63) is 54.2 Å². The van der Waals surface area contributed by atoms with Crippen molar-refractivity contribution in [2.45, 2.75) is 39.2 Å². The molecule has 0 unspecified atom stereocenters. The van der Waals surface area contributed by atoms with Crippen LogP contribution in [0.25, 0.3) is 0 Å². The van der Waals surface area contributed by atoms with Crippen molar-refractivity contribution in [1.82, 2.24) is 15.6 Å². The molecule has 0 saturated heterocycles. The van der Waals surface area contributed by atoms with Crippen LogP contribution >= 0.6 is 0 Å². The molecule has 174 valence electrons. The van der Waals surface area contributed by atoms with Crippen molar-refractivity contribution in [3.8, 4) is 11.6 Å². The lowest BCUT2D eigenvalue weighted by Gasteiger charge is -2.42. The summed E-state index contributed by atoms with van der Waals surface area (Å²) in [6.07, 6.45) is 6.72. The Labute approximate surface area is 191 Å². The van der Waals surface area contributed by atoms with Crippen LogP contribution in [0.5, 0.6) is 11.6 Å². The topological polar surface area (TPSA) is 77.0 Å². The Morgan fingerprint density at radius 3 is 2.50 bits per heavy atom. The zero-order valence-corrected chi connectivity index (χ0v) is 19.3. The monoisotopic (exact) mass is 440 g/mol. The Kier molecular flexibility index (Phi) is 9.62. The summed E-state index contributed by atoms with van der Waals surface area (Å²) < 4.78 is 16.6. The second-order valence-electron chi connectivity index (χ2n) is 8.16. The fourth-order valence-electron chi connectivity index (χ4n) is 3.71. The highest BCUT2D eigenvalue weighted by atomic mass is 16.5. The van der Waals surface area contributed by atoms with Gasteiger partial charge in [0.2, 0.25) is 5.88 Å². The summed E-state index contributed by atoms with van der Waals surface area (Å²) in [6, 6.07) is 13.6. The number of aromatic nitrogens is 1. The van der Waals surface area contributed by atoms with Crippen molar-refractivity contribution >= 4 is 5.96 Å². The average molecular weight is 441 g/mol. The molecule has 1 saturated carbocycles. The number of guanidine groups is 1. The number of nitrogens with zero attached hydrogens (tertiary/aromatic N) is 2. The predicted octanol–water partition coefficient (Wildman–Crippen LogP) is 3.80. The molecular weight excluding hydrogens is 404 g/mol. The van der Waals surface area contributed by atoms with E-state index in [9.17, 15) is 0 Å². The van der Waals surface area contributed by atoms with Gasteiger partial charge in [0, 0.05) is 39.1 Å². The fraction of sp³-hybridized carbons (Fsp3) is 0.520. The number of methoxy groups -OCH3 is 1. The zero-order valence-electron chi connectivity index (χ0n) is 19.3. The van der Waals surface area contributed by atoms with E-state index < -0.39 is 0 Å². The molecule has 1 aliphatic rings. The van der Waals surface area contributed by atoms with Gasteiger partial charge in [-0.15, -0.1) is 0 Å². The Morgan fingerprint density at radius 2 is 1.84 bits per heavy atom. The van der Waals surface area contributed by atoms with Gasteiger partial charge in [0.1, 0.15) is 19.0 Å². The minimum atomic E-state index is 0.344. The van der Waals surface area contributed by atoms with E-state index in [0.29, 0.717) is 31.1 Å². The molecule has 0 aliphatic heterocycles. The molecule has 0 atom stereocenters. The Morgan fingerprint density at radius 1 is 1.03 bits per heavy atom. The maximum absolute atomic E-state index is 5.67. The number of ether oxygens (including phenoxy) is 3.